The molecule has 2 aromatic carbocycles. The van der Waals surface area contributed by atoms with Crippen LogP contribution in [0.2, 0.25) is 0 Å². The molecule has 1 aliphatic heterocycles. The lowest BCUT2D eigenvalue weighted by atomic mass is 9.86. The van der Waals surface area contributed by atoms with Gasteiger partial charge in [-0.3, -0.25) is 4.90 Å². The number of hydrogen-bond donors (Lipinski definition) is 1. The molecule has 0 aliphatic carbocycles. The van der Waals surface area contributed by atoms with Crippen molar-refractivity contribution in [3.8, 4) is 11.5 Å². The fourth-order valence-electron chi connectivity index (χ4n) is 3.46. The molecule has 0 amide bonds. The van der Waals surface area contributed by atoms with E-state index in [1.54, 1.807) is 14.2 Å². The molecule has 4 heteroatoms. The highest BCUT2D eigenvalue weighted by Gasteiger charge is 2.28. The Hall–Kier alpha value is -2.04. The molecule has 1 aliphatic rings. The monoisotopic (exact) mass is 326 g/mol. The van der Waals surface area contributed by atoms with Crippen LogP contribution in [-0.2, 0) is 6.54 Å². The van der Waals surface area contributed by atoms with Crippen molar-refractivity contribution in [1.29, 1.82) is 0 Å². The molecule has 24 heavy (non-hydrogen) atoms. The zero-order valence-electron chi connectivity index (χ0n) is 14.4. The number of nitrogens with two attached hydrogens (primary N) is 1. The second kappa shape index (κ2) is 7.69. The Kier molecular flexibility index (Phi) is 5.38. The lowest BCUT2D eigenvalue weighted by molar-refractivity contribution is 0.183. The van der Waals surface area contributed by atoms with Crippen molar-refractivity contribution >= 4 is 0 Å². The number of hydrogen-bond acceptors (Lipinski definition) is 4. The summed E-state index contributed by atoms with van der Waals surface area (Å²) in [6, 6.07) is 16.9. The Labute approximate surface area is 144 Å². The van der Waals surface area contributed by atoms with Crippen molar-refractivity contribution in [1.82, 2.24) is 4.90 Å². The second-order valence-electron chi connectivity index (χ2n) is 6.39. The van der Waals surface area contributed by atoms with Gasteiger partial charge in [-0.2, -0.15) is 0 Å². The Bertz CT molecular complexity index is 660. The third-order valence-corrected chi connectivity index (χ3v) is 4.84. The average Bonchev–Trinajstić information content (AvgIpc) is 2.63. The molecule has 128 valence electrons. The van der Waals surface area contributed by atoms with Crippen molar-refractivity contribution in [2.75, 3.05) is 27.3 Å². The predicted molar refractivity (Wildman–Crippen MR) is 96.6 cm³/mol. The topological polar surface area (TPSA) is 47.7 Å². The van der Waals surface area contributed by atoms with Crippen LogP contribution in [0.4, 0.5) is 0 Å². The van der Waals surface area contributed by atoms with Gasteiger partial charge in [0.2, 0.25) is 0 Å². The van der Waals surface area contributed by atoms with Gasteiger partial charge in [0.15, 0.2) is 11.5 Å². The van der Waals surface area contributed by atoms with Crippen LogP contribution in [-0.4, -0.2) is 38.3 Å². The molecule has 2 aromatic rings. The van der Waals surface area contributed by atoms with Crippen molar-refractivity contribution in [3.63, 3.8) is 0 Å². The number of ether oxygens (including phenoxy) is 2. The molecule has 0 saturated carbocycles. The lowest BCUT2D eigenvalue weighted by Gasteiger charge is -2.37. The van der Waals surface area contributed by atoms with Crippen LogP contribution in [0.3, 0.4) is 0 Å². The highest BCUT2D eigenvalue weighted by atomic mass is 16.5. The summed E-state index contributed by atoms with van der Waals surface area (Å²) in [4.78, 5) is 2.49. The molecule has 1 fully saturated rings. The molecule has 4 nitrogen and oxygen atoms in total. The van der Waals surface area contributed by atoms with E-state index >= 15 is 0 Å². The first-order chi connectivity index (χ1) is 11.7. The quantitative estimate of drug-likeness (QED) is 0.917. The Morgan fingerprint density at radius 1 is 1.04 bits per heavy atom. The van der Waals surface area contributed by atoms with Crippen LogP contribution < -0.4 is 15.2 Å². The summed E-state index contributed by atoms with van der Waals surface area (Å²) in [5.41, 5.74) is 9.00. The lowest BCUT2D eigenvalue weighted by Crippen LogP contribution is -2.45. The molecule has 2 unspecified atom stereocenters. The van der Waals surface area contributed by atoms with E-state index in [0.29, 0.717) is 5.92 Å². The van der Waals surface area contributed by atoms with E-state index < -0.39 is 0 Å². The third kappa shape index (κ3) is 3.71. The van der Waals surface area contributed by atoms with Gasteiger partial charge in [-0.25, -0.2) is 0 Å². The van der Waals surface area contributed by atoms with Gasteiger partial charge in [0.1, 0.15) is 0 Å². The molecule has 1 heterocycles. The average molecular weight is 326 g/mol. The minimum absolute atomic E-state index is 0.176. The highest BCUT2D eigenvalue weighted by Crippen LogP contribution is 2.34. The maximum atomic E-state index is 6.43. The zero-order valence-corrected chi connectivity index (χ0v) is 14.4. The van der Waals surface area contributed by atoms with Gasteiger partial charge in [0.25, 0.3) is 0 Å². The molecular weight excluding hydrogens is 300 g/mol. The van der Waals surface area contributed by atoms with Gasteiger partial charge in [-0.05, 0) is 29.7 Å². The maximum Gasteiger partial charge on any atom is 0.160 e. The van der Waals surface area contributed by atoms with E-state index in [4.69, 9.17) is 15.2 Å². The number of piperidine rings is 1. The van der Waals surface area contributed by atoms with Gasteiger partial charge in [0, 0.05) is 31.6 Å². The van der Waals surface area contributed by atoms with E-state index in [2.05, 4.69) is 47.4 Å². The van der Waals surface area contributed by atoms with Gasteiger partial charge < -0.3 is 15.2 Å². The normalized spacial score (nSPS) is 21.5. The number of nitrogens with zero attached hydrogens (tertiary/aromatic N) is 1. The summed E-state index contributed by atoms with van der Waals surface area (Å²) in [7, 11) is 3.33. The summed E-state index contributed by atoms with van der Waals surface area (Å²) < 4.78 is 10.8. The summed E-state index contributed by atoms with van der Waals surface area (Å²) in [6.07, 6.45) is 1.01. The van der Waals surface area contributed by atoms with Crippen LogP contribution in [0.1, 0.15) is 23.5 Å². The van der Waals surface area contributed by atoms with Gasteiger partial charge in [-0.15, -0.1) is 0 Å². The smallest absolute Gasteiger partial charge is 0.160 e. The molecule has 0 aromatic heterocycles. The van der Waals surface area contributed by atoms with Gasteiger partial charge in [-0.1, -0.05) is 36.4 Å². The highest BCUT2D eigenvalue weighted by molar-refractivity contribution is 5.44. The van der Waals surface area contributed by atoms with Crippen LogP contribution in [0, 0.1) is 0 Å². The number of rotatable bonds is 5. The minimum atomic E-state index is 0.176. The molecule has 2 atom stereocenters. The Morgan fingerprint density at radius 3 is 2.50 bits per heavy atom. The maximum absolute atomic E-state index is 6.43. The van der Waals surface area contributed by atoms with E-state index in [1.165, 1.54) is 11.1 Å². The molecule has 0 bridgehead atoms. The van der Waals surface area contributed by atoms with Gasteiger partial charge >= 0.3 is 0 Å². The standard InChI is InChI=1S/C20H26N2O2/c1-23-19-9-8-16(12-20(19)24-2)17-14-22(11-10-18(17)21)13-15-6-4-3-5-7-15/h3-9,12,17-18H,10-11,13-14,21H2,1-2H3. The number of likely N-dealkylation sites (tertiary alicyclic amines) is 1. The predicted octanol–water partition coefficient (Wildman–Crippen LogP) is 3.02. The molecule has 0 spiro atoms. The third-order valence-electron chi connectivity index (χ3n) is 4.84. The summed E-state index contributed by atoms with van der Waals surface area (Å²) >= 11 is 0. The van der Waals surface area contributed by atoms with Crippen LogP contribution >= 0.6 is 0 Å². The number of benzene rings is 2. The van der Waals surface area contributed by atoms with Crippen molar-refractivity contribution in [2.24, 2.45) is 5.73 Å². The van der Waals surface area contributed by atoms with E-state index in [-0.39, 0.29) is 6.04 Å². The minimum Gasteiger partial charge on any atom is -0.493 e. The Morgan fingerprint density at radius 2 is 1.79 bits per heavy atom. The first-order valence-corrected chi connectivity index (χ1v) is 8.45. The molecule has 2 N–H and O–H groups in total. The van der Waals surface area contributed by atoms with E-state index in [0.717, 1.165) is 37.6 Å². The second-order valence-corrected chi connectivity index (χ2v) is 6.39. The first kappa shape index (κ1) is 16.8. The number of methoxy groups -OCH3 is 2. The largest absolute Gasteiger partial charge is 0.493 e. The van der Waals surface area contributed by atoms with Crippen molar-refractivity contribution in [2.45, 2.75) is 24.9 Å². The molecular formula is C20H26N2O2. The zero-order chi connectivity index (χ0) is 16.9. The van der Waals surface area contributed by atoms with E-state index in [9.17, 15) is 0 Å². The molecule has 3 rings (SSSR count). The summed E-state index contributed by atoms with van der Waals surface area (Å²) in [5.74, 6) is 1.83. The van der Waals surface area contributed by atoms with Crippen molar-refractivity contribution in [3.05, 3.63) is 59.7 Å². The Balaban J connectivity index is 1.76. The molecule has 0 radical (unpaired) electrons. The van der Waals surface area contributed by atoms with Crippen LogP contribution in [0.15, 0.2) is 48.5 Å². The fraction of sp³-hybridized carbons (Fsp3) is 0.400. The summed E-state index contributed by atoms with van der Waals surface area (Å²) in [5, 5.41) is 0. The van der Waals surface area contributed by atoms with Crippen LogP contribution in [0.25, 0.3) is 0 Å². The summed E-state index contributed by atoms with van der Waals surface area (Å²) in [6.45, 7) is 2.97. The molecule has 1 saturated heterocycles. The van der Waals surface area contributed by atoms with Crippen LogP contribution in [0.5, 0.6) is 11.5 Å². The SMILES string of the molecule is COc1ccc(C2CN(Cc3ccccc3)CCC2N)cc1OC. The first-order valence-electron chi connectivity index (χ1n) is 8.45. The van der Waals surface area contributed by atoms with Crippen molar-refractivity contribution < 1.29 is 9.47 Å². The van der Waals surface area contributed by atoms with Gasteiger partial charge in [0.05, 0.1) is 14.2 Å². The fourth-order valence-corrected chi connectivity index (χ4v) is 3.46. The van der Waals surface area contributed by atoms with E-state index in [1.807, 2.05) is 6.07 Å².